The molecule has 0 bridgehead atoms. The molecule has 0 spiro atoms. The third-order valence-corrected chi connectivity index (χ3v) is 6.56. The average Bonchev–Trinajstić information content (AvgIpc) is 3.30. The van der Waals surface area contributed by atoms with Gasteiger partial charge in [0.1, 0.15) is 11.5 Å². The SMILES string of the molecule is Cc1cc(C(=O)N(C)CCCn2c(=N)n(CC(=O)c3ccc(Cl)cc3)c3cccc(Cl)c32)c(C)o1. The molecule has 0 unspecified atom stereocenters. The molecule has 1 N–H and O–H groups in total. The minimum absolute atomic E-state index is 0.00180. The van der Waals surface area contributed by atoms with Crippen molar-refractivity contribution in [3.8, 4) is 0 Å². The standard InChI is InChI=1S/C26H26Cl2N4O3/c1-16-14-20(17(2)35-16)25(34)30(3)12-5-13-31-24-21(28)6-4-7-22(24)32(26(31)29)15-23(33)18-8-10-19(27)11-9-18/h4,6-11,14,29H,5,12-13,15H2,1-3H3. The van der Waals surface area contributed by atoms with Gasteiger partial charge in [-0.2, -0.15) is 0 Å². The van der Waals surface area contributed by atoms with Crippen molar-refractivity contribution in [2.24, 2.45) is 0 Å². The summed E-state index contributed by atoms with van der Waals surface area (Å²) >= 11 is 12.5. The van der Waals surface area contributed by atoms with E-state index in [-0.39, 0.29) is 23.9 Å². The van der Waals surface area contributed by atoms with E-state index in [9.17, 15) is 9.59 Å². The maximum absolute atomic E-state index is 12.9. The van der Waals surface area contributed by atoms with Gasteiger partial charge in [-0.15, -0.1) is 0 Å². The zero-order valence-electron chi connectivity index (χ0n) is 19.8. The maximum Gasteiger partial charge on any atom is 0.257 e. The predicted octanol–water partition coefficient (Wildman–Crippen LogP) is 5.48. The van der Waals surface area contributed by atoms with Gasteiger partial charge in [-0.05, 0) is 62.7 Å². The molecule has 2 heterocycles. The summed E-state index contributed by atoms with van der Waals surface area (Å²) in [6.07, 6.45) is 0.601. The average molecular weight is 513 g/mol. The number of aromatic nitrogens is 2. The second-order valence-electron chi connectivity index (χ2n) is 8.51. The number of ketones is 1. The Morgan fingerprint density at radius 1 is 1.06 bits per heavy atom. The molecule has 0 radical (unpaired) electrons. The van der Waals surface area contributed by atoms with Gasteiger partial charge in [-0.25, -0.2) is 0 Å². The van der Waals surface area contributed by atoms with Crippen LogP contribution in [0.15, 0.2) is 52.9 Å². The maximum atomic E-state index is 12.9. The van der Waals surface area contributed by atoms with Gasteiger partial charge in [-0.3, -0.25) is 15.0 Å². The van der Waals surface area contributed by atoms with E-state index in [1.54, 1.807) is 70.5 Å². The predicted molar refractivity (Wildman–Crippen MR) is 136 cm³/mol. The Balaban J connectivity index is 1.55. The van der Waals surface area contributed by atoms with Gasteiger partial charge in [0.2, 0.25) is 5.62 Å². The molecule has 0 aliphatic rings. The number of rotatable bonds is 8. The van der Waals surface area contributed by atoms with Gasteiger partial charge in [0.05, 0.1) is 28.2 Å². The number of imidazole rings is 1. The smallest absolute Gasteiger partial charge is 0.257 e. The van der Waals surface area contributed by atoms with Crippen LogP contribution in [0.25, 0.3) is 11.0 Å². The number of nitrogens with one attached hydrogen (secondary N) is 1. The van der Waals surface area contributed by atoms with E-state index in [4.69, 9.17) is 33.0 Å². The molecule has 2 aromatic carbocycles. The minimum atomic E-state index is -0.129. The molecule has 2 aromatic heterocycles. The summed E-state index contributed by atoms with van der Waals surface area (Å²) in [7, 11) is 1.75. The fourth-order valence-electron chi connectivity index (χ4n) is 4.22. The lowest BCUT2D eigenvalue weighted by molar-refractivity contribution is 0.0789. The second kappa shape index (κ2) is 10.1. The van der Waals surface area contributed by atoms with Crippen LogP contribution in [-0.4, -0.2) is 39.3 Å². The van der Waals surface area contributed by atoms with E-state index in [1.807, 2.05) is 13.0 Å². The molecule has 4 rings (SSSR count). The van der Waals surface area contributed by atoms with Crippen LogP contribution in [-0.2, 0) is 13.1 Å². The molecule has 35 heavy (non-hydrogen) atoms. The molecule has 0 aliphatic heterocycles. The van der Waals surface area contributed by atoms with Crippen LogP contribution in [0.2, 0.25) is 10.0 Å². The van der Waals surface area contributed by atoms with Crippen molar-refractivity contribution in [1.29, 1.82) is 5.41 Å². The number of para-hydroxylation sites is 1. The van der Waals surface area contributed by atoms with Crippen molar-refractivity contribution < 1.29 is 14.0 Å². The van der Waals surface area contributed by atoms with Crippen LogP contribution in [0.5, 0.6) is 0 Å². The molecule has 0 aliphatic carbocycles. The number of halogens is 2. The molecule has 0 saturated carbocycles. The summed E-state index contributed by atoms with van der Waals surface area (Å²) in [4.78, 5) is 27.3. The Hall–Kier alpha value is -3.29. The van der Waals surface area contributed by atoms with E-state index >= 15 is 0 Å². The number of nitrogens with zero attached hydrogens (tertiary/aromatic N) is 3. The van der Waals surface area contributed by atoms with Crippen molar-refractivity contribution >= 4 is 45.9 Å². The fourth-order valence-corrected chi connectivity index (χ4v) is 4.62. The first-order chi connectivity index (χ1) is 16.7. The number of aryl methyl sites for hydroxylation is 3. The molecule has 0 atom stereocenters. The van der Waals surface area contributed by atoms with Crippen LogP contribution in [0.3, 0.4) is 0 Å². The Morgan fingerprint density at radius 3 is 2.43 bits per heavy atom. The minimum Gasteiger partial charge on any atom is -0.466 e. The summed E-state index contributed by atoms with van der Waals surface area (Å²) in [5.74, 6) is 1.06. The molecule has 0 saturated heterocycles. The topological polar surface area (TPSA) is 84.2 Å². The highest BCUT2D eigenvalue weighted by atomic mass is 35.5. The molecule has 0 fully saturated rings. The van der Waals surface area contributed by atoms with Crippen molar-refractivity contribution in [3.05, 3.63) is 86.8 Å². The van der Waals surface area contributed by atoms with Gasteiger partial charge in [0.15, 0.2) is 5.78 Å². The molecule has 182 valence electrons. The lowest BCUT2D eigenvalue weighted by atomic mass is 10.1. The highest BCUT2D eigenvalue weighted by Gasteiger charge is 2.19. The number of carbonyl (C=O) groups excluding carboxylic acids is 2. The first-order valence-electron chi connectivity index (χ1n) is 11.2. The number of Topliss-reactive ketones (excluding diaryl/α,β-unsaturated/α-hetero) is 1. The first-order valence-corrected chi connectivity index (χ1v) is 12.0. The summed E-state index contributed by atoms with van der Waals surface area (Å²) in [6, 6.07) is 13.9. The highest BCUT2D eigenvalue weighted by Crippen LogP contribution is 2.24. The van der Waals surface area contributed by atoms with E-state index < -0.39 is 0 Å². The third-order valence-electron chi connectivity index (χ3n) is 6.00. The van der Waals surface area contributed by atoms with Gasteiger partial charge < -0.3 is 18.5 Å². The third kappa shape index (κ3) is 5.06. The Labute approximate surface area is 213 Å². The van der Waals surface area contributed by atoms with Crippen LogP contribution in [0, 0.1) is 19.3 Å². The zero-order valence-corrected chi connectivity index (χ0v) is 21.3. The number of carbonyl (C=O) groups is 2. The van der Waals surface area contributed by atoms with Gasteiger partial charge in [0.25, 0.3) is 5.91 Å². The van der Waals surface area contributed by atoms with E-state index in [2.05, 4.69) is 0 Å². The molecule has 4 aromatic rings. The first kappa shape index (κ1) is 24.8. The number of fused-ring (bicyclic) bond motifs is 1. The monoisotopic (exact) mass is 512 g/mol. The second-order valence-corrected chi connectivity index (χ2v) is 9.35. The molecular weight excluding hydrogens is 487 g/mol. The van der Waals surface area contributed by atoms with Crippen molar-refractivity contribution in [2.75, 3.05) is 13.6 Å². The van der Waals surface area contributed by atoms with E-state index in [1.165, 1.54) is 0 Å². The van der Waals surface area contributed by atoms with E-state index in [0.29, 0.717) is 63.2 Å². The number of hydrogen-bond donors (Lipinski definition) is 1. The van der Waals surface area contributed by atoms with Crippen molar-refractivity contribution in [2.45, 2.75) is 33.4 Å². The summed E-state index contributed by atoms with van der Waals surface area (Å²) < 4.78 is 8.93. The van der Waals surface area contributed by atoms with Crippen molar-refractivity contribution in [1.82, 2.24) is 14.0 Å². The summed E-state index contributed by atoms with van der Waals surface area (Å²) in [5.41, 5.74) is 2.65. The molecule has 1 amide bonds. The number of furan rings is 1. The number of benzene rings is 2. The zero-order chi connectivity index (χ0) is 25.3. The van der Waals surface area contributed by atoms with Gasteiger partial charge in [0, 0.05) is 30.7 Å². The Morgan fingerprint density at radius 2 is 1.77 bits per heavy atom. The fraction of sp³-hybridized carbons (Fsp3) is 0.269. The molecule has 7 nitrogen and oxygen atoms in total. The van der Waals surface area contributed by atoms with Crippen molar-refractivity contribution in [3.63, 3.8) is 0 Å². The summed E-state index contributed by atoms with van der Waals surface area (Å²) in [6.45, 7) is 4.53. The highest BCUT2D eigenvalue weighted by molar-refractivity contribution is 6.35. The quantitative estimate of drug-likeness (QED) is 0.317. The van der Waals surface area contributed by atoms with Crippen LogP contribution in [0.1, 0.15) is 38.7 Å². The lowest BCUT2D eigenvalue weighted by Gasteiger charge is -2.17. The Kier molecular flexibility index (Phi) is 7.19. The number of amides is 1. The molecule has 9 heteroatoms. The van der Waals surface area contributed by atoms with Crippen LogP contribution < -0.4 is 5.62 Å². The van der Waals surface area contributed by atoms with Crippen LogP contribution >= 0.6 is 23.2 Å². The Bertz CT molecular complexity index is 1460. The molecular formula is C26H26Cl2N4O3. The number of hydrogen-bond acceptors (Lipinski definition) is 4. The van der Waals surface area contributed by atoms with Gasteiger partial charge >= 0.3 is 0 Å². The largest absolute Gasteiger partial charge is 0.466 e. The van der Waals surface area contributed by atoms with E-state index in [0.717, 1.165) is 0 Å². The van der Waals surface area contributed by atoms with Crippen LogP contribution in [0.4, 0.5) is 0 Å². The summed E-state index contributed by atoms with van der Waals surface area (Å²) in [5, 5.41) is 9.86. The van der Waals surface area contributed by atoms with Gasteiger partial charge in [-0.1, -0.05) is 29.3 Å². The normalized spacial score (nSPS) is 11.2. The lowest BCUT2D eigenvalue weighted by Crippen LogP contribution is -2.31.